The Kier molecular flexibility index (Phi) is 4.05. The Morgan fingerprint density at radius 1 is 1.67 bits per heavy atom. The average molecular weight is 129 g/mol. The van der Waals surface area contributed by atoms with Gasteiger partial charge in [0.15, 0.2) is 0 Å². The molecule has 0 aromatic carbocycles. The Hall–Kier alpha value is -0.570. The molecule has 0 saturated heterocycles. The van der Waals surface area contributed by atoms with Gasteiger partial charge >= 0.3 is 0 Å². The third-order valence-electron chi connectivity index (χ3n) is 1.27. The standard InChI is InChI=1S/C6H13N2O/c1-2-5(3-4-7)6(8)9/h5H,1-4,7H2,(H2,8,9). The van der Waals surface area contributed by atoms with Crippen LogP contribution in [0.25, 0.3) is 0 Å². The monoisotopic (exact) mass is 129 g/mol. The summed E-state index contributed by atoms with van der Waals surface area (Å²) in [6.07, 6.45) is 1.20. The highest BCUT2D eigenvalue weighted by Gasteiger charge is 2.10. The number of nitrogens with two attached hydrogens (primary N) is 2. The number of rotatable bonds is 4. The molecule has 0 saturated carbocycles. The van der Waals surface area contributed by atoms with E-state index in [4.69, 9.17) is 11.5 Å². The Morgan fingerprint density at radius 2 is 2.22 bits per heavy atom. The fourth-order valence-electron chi connectivity index (χ4n) is 0.630. The number of carbonyl (C=O) groups excluding carboxylic acids is 1. The second-order valence-electron chi connectivity index (χ2n) is 1.97. The van der Waals surface area contributed by atoms with Crippen LogP contribution < -0.4 is 11.5 Å². The Labute approximate surface area is 55.4 Å². The predicted molar refractivity (Wildman–Crippen MR) is 36.3 cm³/mol. The summed E-state index contributed by atoms with van der Waals surface area (Å²) < 4.78 is 0. The highest BCUT2D eigenvalue weighted by molar-refractivity contribution is 5.76. The summed E-state index contributed by atoms with van der Waals surface area (Å²) in [5.74, 6) is -0.426. The van der Waals surface area contributed by atoms with E-state index in [-0.39, 0.29) is 11.8 Å². The summed E-state index contributed by atoms with van der Waals surface area (Å²) in [5.41, 5.74) is 10.2. The van der Waals surface area contributed by atoms with Crippen LogP contribution in [0, 0.1) is 12.8 Å². The van der Waals surface area contributed by atoms with Crippen LogP contribution in [0.15, 0.2) is 0 Å². The van der Waals surface area contributed by atoms with E-state index in [1.807, 2.05) is 0 Å². The first kappa shape index (κ1) is 8.43. The van der Waals surface area contributed by atoms with Gasteiger partial charge in [0.25, 0.3) is 0 Å². The minimum absolute atomic E-state index is 0.130. The molecule has 9 heavy (non-hydrogen) atoms. The van der Waals surface area contributed by atoms with Crippen LogP contribution in [0.3, 0.4) is 0 Å². The quantitative estimate of drug-likeness (QED) is 0.545. The molecule has 0 aromatic rings. The van der Waals surface area contributed by atoms with Gasteiger partial charge in [-0.05, 0) is 19.4 Å². The first-order valence-electron chi connectivity index (χ1n) is 3.01. The van der Waals surface area contributed by atoms with Crippen molar-refractivity contribution in [2.75, 3.05) is 6.54 Å². The summed E-state index contributed by atoms with van der Waals surface area (Å²) >= 11 is 0. The van der Waals surface area contributed by atoms with E-state index in [9.17, 15) is 4.79 Å². The third kappa shape index (κ3) is 3.08. The van der Waals surface area contributed by atoms with Gasteiger partial charge in [0.2, 0.25) is 5.91 Å². The molecule has 1 amide bonds. The van der Waals surface area contributed by atoms with Gasteiger partial charge in [-0.25, -0.2) is 0 Å². The topological polar surface area (TPSA) is 69.1 Å². The molecule has 4 N–H and O–H groups in total. The zero-order chi connectivity index (χ0) is 7.28. The molecule has 0 aliphatic carbocycles. The normalized spacial score (nSPS) is 13.1. The smallest absolute Gasteiger partial charge is 0.220 e. The molecular formula is C6H13N2O. The lowest BCUT2D eigenvalue weighted by atomic mass is 10.0. The molecule has 53 valence electrons. The zero-order valence-corrected chi connectivity index (χ0v) is 5.47. The molecule has 0 rings (SSSR count). The summed E-state index contributed by atoms with van der Waals surface area (Å²) in [4.78, 5) is 10.4. The maximum atomic E-state index is 10.4. The summed E-state index contributed by atoms with van der Waals surface area (Å²) in [6.45, 7) is 4.07. The summed E-state index contributed by atoms with van der Waals surface area (Å²) in [5, 5.41) is 0. The Morgan fingerprint density at radius 3 is 2.33 bits per heavy atom. The number of amides is 1. The molecule has 1 unspecified atom stereocenters. The van der Waals surface area contributed by atoms with Crippen molar-refractivity contribution in [1.29, 1.82) is 0 Å². The Balaban J connectivity index is 3.54. The summed E-state index contributed by atoms with van der Waals surface area (Å²) in [6, 6.07) is 0. The number of hydrogen-bond acceptors (Lipinski definition) is 2. The molecule has 3 nitrogen and oxygen atoms in total. The largest absolute Gasteiger partial charge is 0.369 e. The molecule has 0 aliphatic heterocycles. The molecular weight excluding hydrogens is 116 g/mol. The Bertz CT molecular complexity index is 93.1. The van der Waals surface area contributed by atoms with Gasteiger partial charge in [-0.15, -0.1) is 0 Å². The van der Waals surface area contributed by atoms with E-state index in [2.05, 4.69) is 6.92 Å². The lowest BCUT2D eigenvalue weighted by Crippen LogP contribution is -2.24. The van der Waals surface area contributed by atoms with Gasteiger partial charge in [-0.2, -0.15) is 0 Å². The van der Waals surface area contributed by atoms with Crippen LogP contribution in [0.5, 0.6) is 0 Å². The lowest BCUT2D eigenvalue weighted by molar-refractivity contribution is -0.121. The van der Waals surface area contributed by atoms with E-state index in [0.29, 0.717) is 19.4 Å². The fraction of sp³-hybridized carbons (Fsp3) is 0.667. The lowest BCUT2D eigenvalue weighted by Gasteiger charge is -2.06. The molecule has 0 bridgehead atoms. The van der Waals surface area contributed by atoms with Crippen LogP contribution in [0.1, 0.15) is 12.8 Å². The molecule has 1 atom stereocenters. The fourth-order valence-corrected chi connectivity index (χ4v) is 0.630. The number of primary amides is 1. The van der Waals surface area contributed by atoms with E-state index in [1.165, 1.54) is 0 Å². The van der Waals surface area contributed by atoms with Crippen LogP contribution in [-0.2, 0) is 4.79 Å². The second-order valence-corrected chi connectivity index (χ2v) is 1.97. The SMILES string of the molecule is [CH2]CC(CCN)C(N)=O. The van der Waals surface area contributed by atoms with Crippen molar-refractivity contribution in [2.24, 2.45) is 17.4 Å². The first-order chi connectivity index (χ1) is 4.22. The van der Waals surface area contributed by atoms with E-state index in [0.717, 1.165) is 0 Å². The molecule has 0 aromatic heterocycles. The van der Waals surface area contributed by atoms with Gasteiger partial charge in [0.05, 0.1) is 0 Å². The van der Waals surface area contributed by atoms with Gasteiger partial charge < -0.3 is 11.5 Å². The van der Waals surface area contributed by atoms with E-state index in [1.54, 1.807) is 0 Å². The van der Waals surface area contributed by atoms with Crippen molar-refractivity contribution < 1.29 is 4.79 Å². The average Bonchev–Trinajstić information content (AvgIpc) is 1.82. The highest BCUT2D eigenvalue weighted by Crippen LogP contribution is 2.04. The van der Waals surface area contributed by atoms with Crippen molar-refractivity contribution >= 4 is 5.91 Å². The maximum Gasteiger partial charge on any atom is 0.220 e. The number of hydrogen-bond donors (Lipinski definition) is 2. The minimum atomic E-state index is -0.296. The van der Waals surface area contributed by atoms with Crippen molar-refractivity contribution in [2.45, 2.75) is 12.8 Å². The minimum Gasteiger partial charge on any atom is -0.369 e. The predicted octanol–water partition coefficient (Wildman–Crippen LogP) is -0.339. The molecule has 3 heteroatoms. The third-order valence-corrected chi connectivity index (χ3v) is 1.27. The van der Waals surface area contributed by atoms with Gasteiger partial charge in [0, 0.05) is 5.92 Å². The summed E-state index contributed by atoms with van der Waals surface area (Å²) in [7, 11) is 0. The molecule has 1 radical (unpaired) electrons. The van der Waals surface area contributed by atoms with Crippen molar-refractivity contribution in [3.05, 3.63) is 6.92 Å². The zero-order valence-electron chi connectivity index (χ0n) is 5.47. The molecule has 0 spiro atoms. The van der Waals surface area contributed by atoms with Crippen LogP contribution in [-0.4, -0.2) is 12.5 Å². The van der Waals surface area contributed by atoms with Crippen LogP contribution in [0.2, 0.25) is 0 Å². The highest BCUT2D eigenvalue weighted by atomic mass is 16.1. The van der Waals surface area contributed by atoms with Crippen molar-refractivity contribution in [3.63, 3.8) is 0 Å². The number of carbonyl (C=O) groups is 1. The van der Waals surface area contributed by atoms with E-state index >= 15 is 0 Å². The van der Waals surface area contributed by atoms with Gasteiger partial charge in [-0.3, -0.25) is 4.79 Å². The van der Waals surface area contributed by atoms with Gasteiger partial charge in [0.1, 0.15) is 0 Å². The van der Waals surface area contributed by atoms with Crippen LogP contribution in [0.4, 0.5) is 0 Å². The van der Waals surface area contributed by atoms with Crippen molar-refractivity contribution in [3.8, 4) is 0 Å². The molecule has 0 heterocycles. The van der Waals surface area contributed by atoms with Crippen LogP contribution >= 0.6 is 0 Å². The van der Waals surface area contributed by atoms with Crippen molar-refractivity contribution in [1.82, 2.24) is 0 Å². The first-order valence-corrected chi connectivity index (χ1v) is 3.01. The van der Waals surface area contributed by atoms with E-state index < -0.39 is 0 Å². The maximum absolute atomic E-state index is 10.4. The molecule has 0 aliphatic rings. The van der Waals surface area contributed by atoms with Gasteiger partial charge in [-0.1, -0.05) is 6.92 Å². The molecule has 0 fully saturated rings. The second kappa shape index (κ2) is 4.32.